The first kappa shape index (κ1) is 10.9. The lowest BCUT2D eigenvalue weighted by atomic mass is 10.3. The second kappa shape index (κ2) is 4.52. The highest BCUT2D eigenvalue weighted by Gasteiger charge is 2.05. The predicted molar refractivity (Wildman–Crippen MR) is 61.4 cm³/mol. The molecule has 0 spiro atoms. The van der Waals surface area contributed by atoms with Crippen molar-refractivity contribution in [1.82, 2.24) is 14.8 Å². The molecule has 0 amide bonds. The Morgan fingerprint density at radius 2 is 2.31 bits per heavy atom. The van der Waals surface area contributed by atoms with Crippen LogP contribution in [0.2, 0.25) is 0 Å². The Hall–Kier alpha value is -1.56. The molecule has 1 aromatic carbocycles. The number of hydrogen-bond donors (Lipinski definition) is 1. The number of benzene rings is 1. The number of nitrogens with zero attached hydrogens (tertiary/aromatic N) is 3. The van der Waals surface area contributed by atoms with Crippen molar-refractivity contribution in [2.75, 3.05) is 5.73 Å². The average Bonchev–Trinajstić information content (AvgIpc) is 2.66. The molecule has 2 N–H and O–H groups in total. The van der Waals surface area contributed by atoms with Gasteiger partial charge in [-0.25, -0.2) is 9.37 Å². The van der Waals surface area contributed by atoms with Crippen LogP contribution in [0.3, 0.4) is 0 Å². The van der Waals surface area contributed by atoms with Crippen molar-refractivity contribution >= 4 is 17.4 Å². The molecule has 0 aliphatic rings. The third-order valence-corrected chi connectivity index (χ3v) is 3.20. The van der Waals surface area contributed by atoms with Gasteiger partial charge in [0.25, 0.3) is 0 Å². The molecule has 0 saturated heterocycles. The van der Waals surface area contributed by atoms with Gasteiger partial charge >= 0.3 is 0 Å². The van der Waals surface area contributed by atoms with E-state index in [-0.39, 0.29) is 5.82 Å². The van der Waals surface area contributed by atoms with Crippen molar-refractivity contribution in [3.05, 3.63) is 36.2 Å². The van der Waals surface area contributed by atoms with Crippen LogP contribution < -0.4 is 5.73 Å². The normalized spacial score (nSPS) is 10.6. The summed E-state index contributed by atoms with van der Waals surface area (Å²) >= 11 is 1.44. The molecule has 84 valence electrons. The fourth-order valence-corrected chi connectivity index (χ4v) is 2.20. The van der Waals surface area contributed by atoms with Crippen LogP contribution in [0.1, 0.15) is 5.82 Å². The zero-order valence-electron chi connectivity index (χ0n) is 8.72. The second-order valence-corrected chi connectivity index (χ2v) is 4.29. The first-order valence-electron chi connectivity index (χ1n) is 4.67. The van der Waals surface area contributed by atoms with Crippen LogP contribution in [0, 0.1) is 5.82 Å². The van der Waals surface area contributed by atoms with Gasteiger partial charge in [0.05, 0.1) is 5.75 Å². The Kier molecular flexibility index (Phi) is 3.09. The number of halogens is 1. The van der Waals surface area contributed by atoms with Crippen molar-refractivity contribution in [1.29, 1.82) is 0 Å². The Morgan fingerprint density at radius 3 is 3.00 bits per heavy atom. The number of rotatable bonds is 3. The van der Waals surface area contributed by atoms with Crippen molar-refractivity contribution in [2.45, 2.75) is 10.6 Å². The van der Waals surface area contributed by atoms with E-state index in [2.05, 4.69) is 10.1 Å². The van der Waals surface area contributed by atoms with Crippen molar-refractivity contribution in [3.8, 4) is 0 Å². The Morgan fingerprint density at radius 1 is 1.50 bits per heavy atom. The molecule has 0 bridgehead atoms. The predicted octanol–water partition coefficient (Wildman–Crippen LogP) is 1.83. The zero-order valence-corrected chi connectivity index (χ0v) is 9.54. The lowest BCUT2D eigenvalue weighted by Crippen LogP contribution is -1.98. The Bertz CT molecular complexity index is 497. The standard InChI is InChI=1S/C10H11FN4S/c1-15-10(13-6-14-15)5-16-9-4-7(11)2-3-8(9)12/h2-4,6H,5,12H2,1H3. The van der Waals surface area contributed by atoms with Gasteiger partial charge in [0.2, 0.25) is 0 Å². The third kappa shape index (κ3) is 2.33. The highest BCUT2D eigenvalue weighted by molar-refractivity contribution is 7.98. The lowest BCUT2D eigenvalue weighted by molar-refractivity contribution is 0.624. The maximum Gasteiger partial charge on any atom is 0.138 e. The van der Waals surface area contributed by atoms with E-state index in [1.54, 1.807) is 10.7 Å². The first-order chi connectivity index (χ1) is 7.66. The van der Waals surface area contributed by atoms with E-state index in [0.717, 1.165) is 10.7 Å². The molecule has 4 nitrogen and oxygen atoms in total. The van der Waals surface area contributed by atoms with Gasteiger partial charge in [-0.1, -0.05) is 0 Å². The largest absolute Gasteiger partial charge is 0.398 e. The quantitative estimate of drug-likeness (QED) is 0.654. The number of nitrogen functional groups attached to an aromatic ring is 1. The van der Waals surface area contributed by atoms with Crippen LogP contribution in [-0.2, 0) is 12.8 Å². The molecule has 2 aromatic rings. The third-order valence-electron chi connectivity index (χ3n) is 2.14. The second-order valence-electron chi connectivity index (χ2n) is 3.27. The average molecular weight is 238 g/mol. The molecule has 1 aromatic heterocycles. The summed E-state index contributed by atoms with van der Waals surface area (Å²) in [5.74, 6) is 1.16. The van der Waals surface area contributed by atoms with Crippen LogP contribution in [0.4, 0.5) is 10.1 Å². The van der Waals surface area contributed by atoms with Crippen LogP contribution in [-0.4, -0.2) is 14.8 Å². The van der Waals surface area contributed by atoms with Crippen molar-refractivity contribution in [3.63, 3.8) is 0 Å². The van der Waals surface area contributed by atoms with Gasteiger partial charge in [0.15, 0.2) is 0 Å². The van der Waals surface area contributed by atoms with Crippen molar-refractivity contribution < 1.29 is 4.39 Å². The van der Waals surface area contributed by atoms with Crippen molar-refractivity contribution in [2.24, 2.45) is 7.05 Å². The number of aromatic nitrogens is 3. The molecule has 6 heteroatoms. The minimum Gasteiger partial charge on any atom is -0.398 e. The van der Waals surface area contributed by atoms with Gasteiger partial charge in [0.1, 0.15) is 18.0 Å². The van der Waals surface area contributed by atoms with Crippen LogP contribution in [0.5, 0.6) is 0 Å². The smallest absolute Gasteiger partial charge is 0.138 e. The van der Waals surface area contributed by atoms with E-state index in [1.165, 1.54) is 30.2 Å². The van der Waals surface area contributed by atoms with E-state index >= 15 is 0 Å². The summed E-state index contributed by atoms with van der Waals surface area (Å²) in [6.45, 7) is 0. The highest BCUT2D eigenvalue weighted by Crippen LogP contribution is 2.27. The summed E-state index contributed by atoms with van der Waals surface area (Å²) in [4.78, 5) is 4.80. The summed E-state index contributed by atoms with van der Waals surface area (Å²) in [6.07, 6.45) is 1.49. The zero-order chi connectivity index (χ0) is 11.5. The SMILES string of the molecule is Cn1ncnc1CSc1cc(F)ccc1N. The van der Waals surface area contributed by atoms with E-state index in [1.807, 2.05) is 7.05 Å². The number of aryl methyl sites for hydroxylation is 1. The van der Waals surface area contributed by atoms with E-state index in [9.17, 15) is 4.39 Å². The molecule has 0 aliphatic carbocycles. The van der Waals surface area contributed by atoms with E-state index < -0.39 is 0 Å². The molecule has 1 heterocycles. The monoisotopic (exact) mass is 238 g/mol. The van der Waals surface area contributed by atoms with Gasteiger partial charge in [0, 0.05) is 17.6 Å². The van der Waals surface area contributed by atoms with Gasteiger partial charge < -0.3 is 5.73 Å². The Balaban J connectivity index is 2.10. The van der Waals surface area contributed by atoms with E-state index in [0.29, 0.717) is 11.4 Å². The van der Waals surface area contributed by atoms with Crippen LogP contribution in [0.15, 0.2) is 29.4 Å². The highest BCUT2D eigenvalue weighted by atomic mass is 32.2. The topological polar surface area (TPSA) is 56.7 Å². The van der Waals surface area contributed by atoms with E-state index in [4.69, 9.17) is 5.73 Å². The number of nitrogens with two attached hydrogens (primary N) is 1. The number of anilines is 1. The van der Waals surface area contributed by atoms with Crippen LogP contribution in [0.25, 0.3) is 0 Å². The fourth-order valence-electron chi connectivity index (χ4n) is 1.23. The lowest BCUT2D eigenvalue weighted by Gasteiger charge is -2.04. The summed E-state index contributed by atoms with van der Waals surface area (Å²) in [7, 11) is 1.82. The van der Waals surface area contributed by atoms with Gasteiger partial charge in [-0.3, -0.25) is 4.68 Å². The maximum atomic E-state index is 13.0. The molecule has 0 saturated carbocycles. The fraction of sp³-hybridized carbons (Fsp3) is 0.200. The van der Waals surface area contributed by atoms with Crippen LogP contribution >= 0.6 is 11.8 Å². The molecular formula is C10H11FN4S. The summed E-state index contributed by atoms with van der Waals surface area (Å²) in [5.41, 5.74) is 6.31. The number of thioether (sulfide) groups is 1. The number of hydrogen-bond acceptors (Lipinski definition) is 4. The van der Waals surface area contributed by atoms with Gasteiger partial charge in [-0.2, -0.15) is 5.10 Å². The minimum absolute atomic E-state index is 0.283. The summed E-state index contributed by atoms with van der Waals surface area (Å²) in [5, 5.41) is 3.96. The molecule has 2 rings (SSSR count). The molecule has 0 unspecified atom stereocenters. The minimum atomic E-state index is -0.283. The Labute approximate surface area is 96.7 Å². The maximum absolute atomic E-state index is 13.0. The molecular weight excluding hydrogens is 227 g/mol. The first-order valence-corrected chi connectivity index (χ1v) is 5.66. The molecule has 0 aliphatic heterocycles. The summed E-state index contributed by atoms with van der Waals surface area (Å²) in [6, 6.07) is 4.34. The molecule has 0 fully saturated rings. The van der Waals surface area contributed by atoms with Gasteiger partial charge in [-0.15, -0.1) is 11.8 Å². The van der Waals surface area contributed by atoms with Gasteiger partial charge in [-0.05, 0) is 18.2 Å². The molecule has 16 heavy (non-hydrogen) atoms. The molecule has 0 radical (unpaired) electrons. The molecule has 0 atom stereocenters. The summed E-state index contributed by atoms with van der Waals surface area (Å²) < 4.78 is 14.7.